The molecule has 0 aliphatic carbocycles. The Bertz CT molecular complexity index is 1050. The van der Waals surface area contributed by atoms with Crippen molar-refractivity contribution in [3.8, 4) is 5.75 Å². The molecule has 1 aliphatic rings. The number of hydrogen-bond donors (Lipinski definition) is 1. The lowest BCUT2D eigenvalue weighted by molar-refractivity contribution is 0.0932. The average Bonchev–Trinajstić information content (AvgIpc) is 2.85. The number of nitrogens with one attached hydrogen (secondary N) is 1. The molecule has 1 aromatic heterocycles. The highest BCUT2D eigenvalue weighted by Gasteiger charge is 2.17. The van der Waals surface area contributed by atoms with Crippen LogP contribution in [0, 0.1) is 0 Å². The molecule has 0 bridgehead atoms. The van der Waals surface area contributed by atoms with Crippen molar-refractivity contribution in [1.82, 2.24) is 20.1 Å². The van der Waals surface area contributed by atoms with Gasteiger partial charge in [0.05, 0.1) is 6.54 Å². The van der Waals surface area contributed by atoms with E-state index in [9.17, 15) is 4.79 Å². The summed E-state index contributed by atoms with van der Waals surface area (Å²) in [5, 5.41) is 3.44. The lowest BCUT2D eigenvalue weighted by atomic mass is 10.1. The van der Waals surface area contributed by atoms with Crippen LogP contribution in [0.3, 0.4) is 0 Å². The number of halogens is 1. The fourth-order valence-corrected chi connectivity index (χ4v) is 4.22. The van der Waals surface area contributed by atoms with Crippen LogP contribution < -0.4 is 10.1 Å². The standard InChI is InChI=1S/C27H31ClN4O2/c1-21(17-30-27(33)24-5-2-6-25(28)16-24)34-26-9-7-22(8-10-26)19-31-12-14-32(15-13-31)20-23-4-3-11-29-18-23/h2-11,16,18,21H,12-15,17,19-20H2,1H3,(H,30,33). The fourth-order valence-electron chi connectivity index (χ4n) is 4.03. The van der Waals surface area contributed by atoms with Crippen molar-refractivity contribution in [1.29, 1.82) is 0 Å². The van der Waals surface area contributed by atoms with Crippen molar-refractivity contribution >= 4 is 17.5 Å². The summed E-state index contributed by atoms with van der Waals surface area (Å²) < 4.78 is 5.97. The van der Waals surface area contributed by atoms with Gasteiger partial charge < -0.3 is 10.1 Å². The number of piperazine rings is 1. The highest BCUT2D eigenvalue weighted by atomic mass is 35.5. The summed E-state index contributed by atoms with van der Waals surface area (Å²) in [5.74, 6) is 0.642. The van der Waals surface area contributed by atoms with Gasteiger partial charge in [0.2, 0.25) is 0 Å². The van der Waals surface area contributed by atoms with Crippen LogP contribution in [0.4, 0.5) is 0 Å². The SMILES string of the molecule is CC(CNC(=O)c1cccc(Cl)c1)Oc1ccc(CN2CCN(Cc3cccnc3)CC2)cc1. The molecule has 1 aliphatic heterocycles. The van der Waals surface area contributed by atoms with Crippen LogP contribution in [0.1, 0.15) is 28.4 Å². The first-order valence-corrected chi connectivity index (χ1v) is 12.1. The largest absolute Gasteiger partial charge is 0.489 e. The highest BCUT2D eigenvalue weighted by Crippen LogP contribution is 2.17. The van der Waals surface area contributed by atoms with Crippen LogP contribution in [-0.4, -0.2) is 59.5 Å². The summed E-state index contributed by atoms with van der Waals surface area (Å²) in [6.07, 6.45) is 3.62. The van der Waals surface area contributed by atoms with Crippen LogP contribution in [0.5, 0.6) is 5.75 Å². The number of nitrogens with zero attached hydrogens (tertiary/aromatic N) is 3. The molecule has 1 unspecified atom stereocenters. The van der Waals surface area contributed by atoms with Gasteiger partial charge in [-0.2, -0.15) is 0 Å². The Hall–Kier alpha value is -2.93. The Morgan fingerprint density at radius 1 is 1.00 bits per heavy atom. The molecule has 3 aromatic rings. The van der Waals surface area contributed by atoms with E-state index in [1.165, 1.54) is 11.1 Å². The highest BCUT2D eigenvalue weighted by molar-refractivity contribution is 6.30. The number of benzene rings is 2. The molecular weight excluding hydrogens is 448 g/mol. The van der Waals surface area contributed by atoms with Crippen molar-refractivity contribution in [3.63, 3.8) is 0 Å². The van der Waals surface area contributed by atoms with Crippen molar-refractivity contribution < 1.29 is 9.53 Å². The Balaban J connectivity index is 1.18. The van der Waals surface area contributed by atoms with Gasteiger partial charge in [0.25, 0.3) is 5.91 Å². The van der Waals surface area contributed by atoms with Crippen LogP contribution in [0.2, 0.25) is 5.02 Å². The normalized spacial score (nSPS) is 15.6. The molecule has 2 heterocycles. The third-order valence-electron chi connectivity index (χ3n) is 5.90. The molecular formula is C27H31ClN4O2. The van der Waals surface area contributed by atoms with E-state index in [0.29, 0.717) is 17.1 Å². The first-order chi connectivity index (χ1) is 16.5. The molecule has 7 heteroatoms. The molecule has 34 heavy (non-hydrogen) atoms. The Labute approximate surface area is 206 Å². The number of rotatable bonds is 9. The lowest BCUT2D eigenvalue weighted by Gasteiger charge is -2.34. The number of amides is 1. The Morgan fingerprint density at radius 3 is 2.35 bits per heavy atom. The molecule has 1 N–H and O–H groups in total. The quantitative estimate of drug-likeness (QED) is 0.498. The van der Waals surface area contributed by atoms with Gasteiger partial charge in [-0.05, 0) is 54.4 Å². The van der Waals surface area contributed by atoms with Gasteiger partial charge in [-0.25, -0.2) is 0 Å². The molecule has 178 valence electrons. The molecule has 6 nitrogen and oxygen atoms in total. The van der Waals surface area contributed by atoms with Gasteiger partial charge in [0.15, 0.2) is 0 Å². The molecule has 0 radical (unpaired) electrons. The van der Waals surface area contributed by atoms with Gasteiger partial charge in [-0.1, -0.05) is 35.9 Å². The van der Waals surface area contributed by atoms with Gasteiger partial charge in [-0.15, -0.1) is 0 Å². The van der Waals surface area contributed by atoms with E-state index in [1.54, 1.807) is 24.3 Å². The predicted molar refractivity (Wildman–Crippen MR) is 135 cm³/mol. The van der Waals surface area contributed by atoms with Crippen molar-refractivity contribution in [2.45, 2.75) is 26.1 Å². The number of carbonyl (C=O) groups is 1. The minimum absolute atomic E-state index is 0.151. The first kappa shape index (κ1) is 24.2. The second kappa shape index (κ2) is 12.0. The number of carbonyl (C=O) groups excluding carboxylic acids is 1. The van der Waals surface area contributed by atoms with Gasteiger partial charge in [-0.3, -0.25) is 19.6 Å². The summed E-state index contributed by atoms with van der Waals surface area (Å²) in [4.78, 5) is 21.4. The Kier molecular flexibility index (Phi) is 8.52. The summed E-state index contributed by atoms with van der Waals surface area (Å²) >= 11 is 5.96. The fraction of sp³-hybridized carbons (Fsp3) is 0.333. The smallest absolute Gasteiger partial charge is 0.251 e. The number of aromatic nitrogens is 1. The maximum Gasteiger partial charge on any atom is 0.251 e. The third kappa shape index (κ3) is 7.29. The number of hydrogen-bond acceptors (Lipinski definition) is 5. The minimum atomic E-state index is -0.158. The topological polar surface area (TPSA) is 57.7 Å². The van der Waals surface area contributed by atoms with Gasteiger partial charge in [0, 0.05) is 62.2 Å². The van der Waals surface area contributed by atoms with Crippen molar-refractivity contribution in [2.75, 3.05) is 32.7 Å². The molecule has 2 aromatic carbocycles. The van der Waals surface area contributed by atoms with E-state index >= 15 is 0 Å². The second-order valence-electron chi connectivity index (χ2n) is 8.71. The number of ether oxygens (including phenoxy) is 1. The van der Waals surface area contributed by atoms with E-state index in [4.69, 9.17) is 16.3 Å². The molecule has 1 atom stereocenters. The molecule has 0 saturated carbocycles. The summed E-state index contributed by atoms with van der Waals surface area (Å²) in [5.41, 5.74) is 3.08. The molecule has 1 fully saturated rings. The van der Waals surface area contributed by atoms with E-state index < -0.39 is 0 Å². The minimum Gasteiger partial charge on any atom is -0.489 e. The van der Waals surface area contributed by atoms with E-state index in [2.05, 4.69) is 38.3 Å². The average molecular weight is 479 g/mol. The zero-order valence-electron chi connectivity index (χ0n) is 19.5. The molecule has 0 spiro atoms. The van der Waals surface area contributed by atoms with Crippen molar-refractivity contribution in [3.05, 3.63) is 94.8 Å². The van der Waals surface area contributed by atoms with Crippen LogP contribution in [-0.2, 0) is 13.1 Å². The molecule has 1 saturated heterocycles. The van der Waals surface area contributed by atoms with Crippen LogP contribution >= 0.6 is 11.6 Å². The van der Waals surface area contributed by atoms with Gasteiger partial charge >= 0.3 is 0 Å². The summed E-state index contributed by atoms with van der Waals surface area (Å²) in [7, 11) is 0. The maximum atomic E-state index is 12.3. The zero-order chi connectivity index (χ0) is 23.8. The van der Waals surface area contributed by atoms with Crippen LogP contribution in [0.15, 0.2) is 73.1 Å². The summed E-state index contributed by atoms with van der Waals surface area (Å²) in [6, 6.07) is 19.3. The Morgan fingerprint density at radius 2 is 1.71 bits per heavy atom. The number of pyridine rings is 1. The maximum absolute atomic E-state index is 12.3. The first-order valence-electron chi connectivity index (χ1n) is 11.7. The molecule has 1 amide bonds. The monoisotopic (exact) mass is 478 g/mol. The molecule has 4 rings (SSSR count). The zero-order valence-corrected chi connectivity index (χ0v) is 20.2. The lowest BCUT2D eigenvalue weighted by Crippen LogP contribution is -2.45. The van der Waals surface area contributed by atoms with E-state index in [0.717, 1.165) is 45.0 Å². The summed E-state index contributed by atoms with van der Waals surface area (Å²) in [6.45, 7) is 8.50. The van der Waals surface area contributed by atoms with Crippen molar-refractivity contribution in [2.24, 2.45) is 0 Å². The van der Waals surface area contributed by atoms with E-state index in [1.807, 2.05) is 37.5 Å². The predicted octanol–water partition coefficient (Wildman–Crippen LogP) is 4.25. The van der Waals surface area contributed by atoms with E-state index in [-0.39, 0.29) is 12.0 Å². The van der Waals surface area contributed by atoms with Crippen LogP contribution in [0.25, 0.3) is 0 Å². The van der Waals surface area contributed by atoms with Gasteiger partial charge in [0.1, 0.15) is 11.9 Å². The second-order valence-corrected chi connectivity index (χ2v) is 9.14. The third-order valence-corrected chi connectivity index (χ3v) is 6.13.